The molecule has 1 aromatic carbocycles. The summed E-state index contributed by atoms with van der Waals surface area (Å²) >= 11 is 1.81. The van der Waals surface area contributed by atoms with Gasteiger partial charge in [-0.2, -0.15) is 0 Å². The van der Waals surface area contributed by atoms with E-state index in [-0.39, 0.29) is 5.97 Å². The van der Waals surface area contributed by atoms with Gasteiger partial charge in [0.2, 0.25) is 0 Å². The fourth-order valence-electron chi connectivity index (χ4n) is 1.51. The van der Waals surface area contributed by atoms with E-state index in [1.807, 2.05) is 32.0 Å². The third kappa shape index (κ3) is 5.10. The van der Waals surface area contributed by atoms with Crippen molar-refractivity contribution in [2.24, 2.45) is 5.41 Å². The first-order valence-electron chi connectivity index (χ1n) is 6.03. The van der Waals surface area contributed by atoms with E-state index < -0.39 is 5.41 Å². The second kappa shape index (κ2) is 7.44. The Hall–Kier alpha value is -1.00. The van der Waals surface area contributed by atoms with Crippen LogP contribution in [0.4, 0.5) is 0 Å². The first-order valence-corrected chi connectivity index (χ1v) is 7.02. The van der Waals surface area contributed by atoms with Crippen LogP contribution in [-0.4, -0.2) is 31.9 Å². The third-order valence-corrected chi connectivity index (χ3v) is 3.61. The fraction of sp³-hybridized carbons (Fsp3) is 0.500. The summed E-state index contributed by atoms with van der Waals surface area (Å²) in [6.07, 6.45) is 0. The summed E-state index contributed by atoms with van der Waals surface area (Å²) in [6.45, 7) is 5.28. The standard InChI is InChI=1S/C14H21NO2S/c1-14(2,13(16)17-3)11-15-9-10-18-12-7-5-4-6-8-12/h4-8,15H,9-11H2,1-3H3. The molecule has 0 aromatic heterocycles. The van der Waals surface area contributed by atoms with Gasteiger partial charge in [0.15, 0.2) is 0 Å². The minimum absolute atomic E-state index is 0.175. The molecule has 0 aliphatic carbocycles. The first kappa shape index (κ1) is 15.1. The van der Waals surface area contributed by atoms with Crippen molar-refractivity contribution >= 4 is 17.7 Å². The molecule has 3 nitrogen and oxygen atoms in total. The van der Waals surface area contributed by atoms with Crippen LogP contribution in [0.3, 0.4) is 0 Å². The molecule has 1 rings (SSSR count). The largest absolute Gasteiger partial charge is 0.469 e. The van der Waals surface area contributed by atoms with Crippen molar-refractivity contribution in [1.82, 2.24) is 5.32 Å². The maximum absolute atomic E-state index is 11.5. The predicted molar refractivity (Wildman–Crippen MR) is 75.8 cm³/mol. The molecule has 0 bridgehead atoms. The number of carbonyl (C=O) groups is 1. The van der Waals surface area contributed by atoms with Crippen molar-refractivity contribution in [1.29, 1.82) is 0 Å². The molecule has 0 radical (unpaired) electrons. The van der Waals surface area contributed by atoms with Crippen LogP contribution in [0, 0.1) is 5.41 Å². The van der Waals surface area contributed by atoms with Crippen molar-refractivity contribution < 1.29 is 9.53 Å². The van der Waals surface area contributed by atoms with Gasteiger partial charge in [-0.05, 0) is 26.0 Å². The van der Waals surface area contributed by atoms with Gasteiger partial charge < -0.3 is 10.1 Å². The van der Waals surface area contributed by atoms with Gasteiger partial charge in [-0.15, -0.1) is 11.8 Å². The lowest BCUT2D eigenvalue weighted by atomic mass is 9.94. The number of rotatable bonds is 7. The zero-order chi connectivity index (χ0) is 13.4. The van der Waals surface area contributed by atoms with Crippen LogP contribution < -0.4 is 5.32 Å². The summed E-state index contributed by atoms with van der Waals surface area (Å²) in [4.78, 5) is 12.7. The zero-order valence-electron chi connectivity index (χ0n) is 11.2. The van der Waals surface area contributed by atoms with Crippen LogP contribution in [0.5, 0.6) is 0 Å². The molecular weight excluding hydrogens is 246 g/mol. The summed E-state index contributed by atoms with van der Waals surface area (Å²) in [5.74, 6) is 0.812. The Balaban J connectivity index is 2.17. The molecule has 0 aliphatic heterocycles. The summed E-state index contributed by atoms with van der Waals surface area (Å²) in [5, 5.41) is 3.29. The van der Waals surface area contributed by atoms with Crippen molar-refractivity contribution in [3.8, 4) is 0 Å². The molecule has 0 amide bonds. The summed E-state index contributed by atoms with van der Waals surface area (Å²) in [7, 11) is 1.43. The number of thioether (sulfide) groups is 1. The van der Waals surface area contributed by atoms with E-state index in [1.165, 1.54) is 12.0 Å². The van der Waals surface area contributed by atoms with E-state index in [1.54, 1.807) is 11.8 Å². The van der Waals surface area contributed by atoms with Gasteiger partial charge >= 0.3 is 5.97 Å². The average molecular weight is 267 g/mol. The Morgan fingerprint density at radius 1 is 1.33 bits per heavy atom. The van der Waals surface area contributed by atoms with Crippen LogP contribution in [0.2, 0.25) is 0 Å². The molecule has 100 valence electrons. The second-order valence-electron chi connectivity index (χ2n) is 4.71. The number of benzene rings is 1. The highest BCUT2D eigenvalue weighted by molar-refractivity contribution is 7.99. The Morgan fingerprint density at radius 2 is 2.00 bits per heavy atom. The van der Waals surface area contributed by atoms with Gasteiger partial charge in [0.05, 0.1) is 12.5 Å². The average Bonchev–Trinajstić information content (AvgIpc) is 2.38. The Labute approximate surface area is 113 Å². The molecule has 0 unspecified atom stereocenters. The molecule has 18 heavy (non-hydrogen) atoms. The van der Waals surface area contributed by atoms with Gasteiger partial charge in [0.25, 0.3) is 0 Å². The molecule has 0 spiro atoms. The number of hydrogen-bond donors (Lipinski definition) is 1. The molecule has 0 aliphatic rings. The smallest absolute Gasteiger partial charge is 0.312 e. The summed E-state index contributed by atoms with van der Waals surface area (Å²) in [6, 6.07) is 10.3. The fourth-order valence-corrected chi connectivity index (χ4v) is 2.34. The van der Waals surface area contributed by atoms with Crippen molar-refractivity contribution in [3.05, 3.63) is 30.3 Å². The minimum Gasteiger partial charge on any atom is -0.469 e. The van der Waals surface area contributed by atoms with Gasteiger partial charge in [-0.25, -0.2) is 0 Å². The maximum Gasteiger partial charge on any atom is 0.312 e. The Kier molecular flexibility index (Phi) is 6.22. The Bertz CT molecular complexity index is 365. The molecule has 0 heterocycles. The van der Waals surface area contributed by atoms with Crippen LogP contribution in [0.15, 0.2) is 35.2 Å². The molecule has 0 saturated heterocycles. The Morgan fingerprint density at radius 3 is 2.61 bits per heavy atom. The van der Waals surface area contributed by atoms with Crippen LogP contribution in [-0.2, 0) is 9.53 Å². The topological polar surface area (TPSA) is 38.3 Å². The highest BCUT2D eigenvalue weighted by Crippen LogP contribution is 2.17. The molecule has 0 fully saturated rings. The van der Waals surface area contributed by atoms with Gasteiger partial charge in [0, 0.05) is 23.7 Å². The molecule has 0 saturated carbocycles. The molecule has 4 heteroatoms. The van der Waals surface area contributed by atoms with E-state index in [0.29, 0.717) is 6.54 Å². The van der Waals surface area contributed by atoms with Gasteiger partial charge in [-0.1, -0.05) is 18.2 Å². The number of methoxy groups -OCH3 is 1. The van der Waals surface area contributed by atoms with Crippen molar-refractivity contribution in [2.75, 3.05) is 26.0 Å². The summed E-state index contributed by atoms with van der Waals surface area (Å²) < 4.78 is 4.76. The molecule has 1 aromatic rings. The summed E-state index contributed by atoms with van der Waals surface area (Å²) in [5.41, 5.74) is -0.466. The quantitative estimate of drug-likeness (QED) is 0.468. The SMILES string of the molecule is COC(=O)C(C)(C)CNCCSc1ccccc1. The monoisotopic (exact) mass is 267 g/mol. The van der Waals surface area contributed by atoms with E-state index >= 15 is 0 Å². The lowest BCUT2D eigenvalue weighted by Crippen LogP contribution is -2.37. The maximum atomic E-state index is 11.5. The predicted octanol–water partition coefficient (Wildman–Crippen LogP) is 2.57. The van der Waals surface area contributed by atoms with E-state index in [2.05, 4.69) is 17.4 Å². The normalized spacial score (nSPS) is 11.3. The second-order valence-corrected chi connectivity index (χ2v) is 5.88. The van der Waals surface area contributed by atoms with Crippen molar-refractivity contribution in [3.63, 3.8) is 0 Å². The van der Waals surface area contributed by atoms with Crippen LogP contribution in [0.25, 0.3) is 0 Å². The number of carbonyl (C=O) groups excluding carboxylic acids is 1. The van der Waals surface area contributed by atoms with E-state index in [0.717, 1.165) is 12.3 Å². The lowest BCUT2D eigenvalue weighted by molar-refractivity contribution is -0.150. The zero-order valence-corrected chi connectivity index (χ0v) is 12.0. The highest BCUT2D eigenvalue weighted by atomic mass is 32.2. The molecule has 1 N–H and O–H groups in total. The third-order valence-electron chi connectivity index (χ3n) is 2.60. The molecule has 0 atom stereocenters. The van der Waals surface area contributed by atoms with E-state index in [4.69, 9.17) is 4.74 Å². The number of ether oxygens (including phenoxy) is 1. The van der Waals surface area contributed by atoms with Crippen LogP contribution in [0.1, 0.15) is 13.8 Å². The van der Waals surface area contributed by atoms with Gasteiger partial charge in [0.1, 0.15) is 0 Å². The van der Waals surface area contributed by atoms with Crippen molar-refractivity contribution in [2.45, 2.75) is 18.7 Å². The number of esters is 1. The lowest BCUT2D eigenvalue weighted by Gasteiger charge is -2.21. The van der Waals surface area contributed by atoms with E-state index in [9.17, 15) is 4.79 Å². The van der Waals surface area contributed by atoms with Gasteiger partial charge in [-0.3, -0.25) is 4.79 Å². The number of hydrogen-bond acceptors (Lipinski definition) is 4. The number of nitrogens with one attached hydrogen (secondary N) is 1. The highest BCUT2D eigenvalue weighted by Gasteiger charge is 2.27. The first-order chi connectivity index (χ1) is 8.56. The minimum atomic E-state index is -0.466. The molecular formula is C14H21NO2S. The van der Waals surface area contributed by atoms with Crippen LogP contribution >= 0.6 is 11.8 Å².